The second-order valence-electron chi connectivity index (χ2n) is 2.12. The van der Waals surface area contributed by atoms with E-state index in [1.807, 2.05) is 24.3 Å². The van der Waals surface area contributed by atoms with E-state index in [2.05, 4.69) is 6.07 Å². The first-order chi connectivity index (χ1) is 4.86. The van der Waals surface area contributed by atoms with Crippen molar-refractivity contribution < 1.29 is 5.11 Å². The van der Waals surface area contributed by atoms with Gasteiger partial charge in [-0.15, -0.1) is 0 Å². The molecule has 1 heterocycles. The first kappa shape index (κ1) is 6.02. The van der Waals surface area contributed by atoms with Crippen LogP contribution < -0.4 is 0 Å². The van der Waals surface area contributed by atoms with Crippen molar-refractivity contribution in [3.05, 3.63) is 30.3 Å². The summed E-state index contributed by atoms with van der Waals surface area (Å²) in [6.07, 6.45) is 0. The fourth-order valence-electron chi connectivity index (χ4n) is 0.968. The van der Waals surface area contributed by atoms with Gasteiger partial charge in [0.1, 0.15) is 0 Å². The van der Waals surface area contributed by atoms with Crippen molar-refractivity contribution in [1.82, 2.24) is 0 Å². The molecule has 0 saturated heterocycles. The third kappa shape index (κ3) is 0.859. The molecular weight excluding hydrogens is 191 g/mol. The Hall–Kier alpha value is -0.721. The molecule has 2 aromatic rings. The van der Waals surface area contributed by atoms with Gasteiger partial charge in [0, 0.05) is 0 Å². The van der Waals surface area contributed by atoms with Gasteiger partial charge < -0.3 is 0 Å². The first-order valence-electron chi connectivity index (χ1n) is 3.04. The average Bonchev–Trinajstić information content (AvgIpc) is 2.27. The Kier molecular flexibility index (Phi) is 1.30. The van der Waals surface area contributed by atoms with Gasteiger partial charge >= 0.3 is 64.2 Å². The van der Waals surface area contributed by atoms with Crippen LogP contribution in [0, 0.1) is 0 Å². The summed E-state index contributed by atoms with van der Waals surface area (Å²) in [7, 11) is 0. The SMILES string of the molecule is Oc1cc2ccccc2[se]1. The van der Waals surface area contributed by atoms with Gasteiger partial charge in [-0.1, -0.05) is 0 Å². The van der Waals surface area contributed by atoms with Gasteiger partial charge in [0.05, 0.1) is 0 Å². The third-order valence-corrected chi connectivity index (χ3v) is 3.34. The standard InChI is InChI=1S/C8H6OSe/c9-8-5-6-3-1-2-4-7(6)10-8/h1-5,9H. The zero-order valence-corrected chi connectivity index (χ0v) is 6.96. The van der Waals surface area contributed by atoms with Crippen molar-refractivity contribution in [2.45, 2.75) is 0 Å². The molecule has 0 saturated carbocycles. The van der Waals surface area contributed by atoms with Crippen LogP contribution in [0.15, 0.2) is 30.3 Å². The van der Waals surface area contributed by atoms with Gasteiger partial charge in [-0.3, -0.25) is 0 Å². The van der Waals surface area contributed by atoms with Gasteiger partial charge in [0.2, 0.25) is 0 Å². The van der Waals surface area contributed by atoms with Crippen LogP contribution in [0.3, 0.4) is 0 Å². The van der Waals surface area contributed by atoms with E-state index in [9.17, 15) is 0 Å². The number of rotatable bonds is 0. The zero-order valence-electron chi connectivity index (χ0n) is 5.24. The number of benzene rings is 1. The van der Waals surface area contributed by atoms with Crippen molar-refractivity contribution >= 4 is 24.1 Å². The van der Waals surface area contributed by atoms with Gasteiger partial charge in [-0.05, 0) is 0 Å². The molecule has 1 aromatic carbocycles. The molecule has 2 heteroatoms. The molecule has 1 aromatic heterocycles. The Labute approximate surface area is 64.7 Å². The topological polar surface area (TPSA) is 20.2 Å². The van der Waals surface area contributed by atoms with Crippen LogP contribution in [0.4, 0.5) is 0 Å². The maximum atomic E-state index is 9.14. The summed E-state index contributed by atoms with van der Waals surface area (Å²) in [5.74, 6) is 0. The quantitative estimate of drug-likeness (QED) is 0.636. The minimum atomic E-state index is 0.177. The summed E-state index contributed by atoms with van der Waals surface area (Å²) < 4.78 is 1.82. The molecule has 0 spiro atoms. The Morgan fingerprint density at radius 1 is 1.20 bits per heavy atom. The fraction of sp³-hybridized carbons (Fsp3) is 0. The predicted molar refractivity (Wildman–Crippen MR) is 42.6 cm³/mol. The van der Waals surface area contributed by atoms with Crippen molar-refractivity contribution in [2.24, 2.45) is 0 Å². The van der Waals surface area contributed by atoms with E-state index >= 15 is 0 Å². The number of fused-ring (bicyclic) bond motifs is 1. The second-order valence-corrected chi connectivity index (χ2v) is 4.35. The van der Waals surface area contributed by atoms with Crippen LogP contribution in [-0.4, -0.2) is 19.6 Å². The normalized spacial score (nSPS) is 10.4. The maximum absolute atomic E-state index is 9.14. The average molecular weight is 197 g/mol. The van der Waals surface area contributed by atoms with Gasteiger partial charge in [0.25, 0.3) is 0 Å². The number of hydrogen-bond acceptors (Lipinski definition) is 1. The molecule has 0 aliphatic carbocycles. The molecule has 2 rings (SSSR count). The predicted octanol–water partition coefficient (Wildman–Crippen LogP) is 1.60. The van der Waals surface area contributed by atoms with E-state index in [0.29, 0.717) is 4.62 Å². The molecule has 0 bridgehead atoms. The summed E-state index contributed by atoms with van der Waals surface area (Å²) in [5, 5.41) is 10.3. The molecule has 0 fully saturated rings. The monoisotopic (exact) mass is 198 g/mol. The Morgan fingerprint density at radius 2 is 2.00 bits per heavy atom. The van der Waals surface area contributed by atoms with E-state index in [1.165, 1.54) is 9.65 Å². The Bertz CT molecular complexity index is 318. The van der Waals surface area contributed by atoms with E-state index in [-0.39, 0.29) is 14.5 Å². The summed E-state index contributed by atoms with van der Waals surface area (Å²) in [6.45, 7) is 0. The molecule has 10 heavy (non-hydrogen) atoms. The summed E-state index contributed by atoms with van der Waals surface area (Å²) in [5.41, 5.74) is 0. The molecule has 0 aliphatic rings. The summed E-state index contributed by atoms with van der Waals surface area (Å²) in [6, 6.07) is 9.93. The van der Waals surface area contributed by atoms with E-state index in [4.69, 9.17) is 5.11 Å². The Balaban J connectivity index is 2.88. The fourth-order valence-corrected chi connectivity index (χ4v) is 2.65. The van der Waals surface area contributed by atoms with Crippen molar-refractivity contribution in [3.63, 3.8) is 0 Å². The second kappa shape index (κ2) is 2.15. The van der Waals surface area contributed by atoms with Crippen LogP contribution >= 0.6 is 0 Å². The van der Waals surface area contributed by atoms with Crippen LogP contribution in [-0.2, 0) is 0 Å². The molecule has 0 aliphatic heterocycles. The van der Waals surface area contributed by atoms with Crippen LogP contribution in [0.25, 0.3) is 9.65 Å². The van der Waals surface area contributed by atoms with Crippen molar-refractivity contribution in [2.75, 3.05) is 0 Å². The molecular formula is C8H6OSe. The molecule has 1 N–H and O–H groups in total. The van der Waals surface area contributed by atoms with Crippen LogP contribution in [0.1, 0.15) is 0 Å². The number of aromatic hydroxyl groups is 1. The van der Waals surface area contributed by atoms with Gasteiger partial charge in [-0.25, -0.2) is 0 Å². The molecule has 0 radical (unpaired) electrons. The molecule has 0 amide bonds. The summed E-state index contributed by atoms with van der Waals surface area (Å²) >= 11 is 0.177. The van der Waals surface area contributed by atoms with Crippen LogP contribution in [0.5, 0.6) is 4.62 Å². The van der Waals surface area contributed by atoms with Crippen LogP contribution in [0.2, 0.25) is 0 Å². The molecule has 50 valence electrons. The third-order valence-electron chi connectivity index (χ3n) is 1.41. The molecule has 0 unspecified atom stereocenters. The molecule has 0 atom stereocenters. The summed E-state index contributed by atoms with van der Waals surface area (Å²) in [4.78, 5) is 0. The van der Waals surface area contributed by atoms with E-state index < -0.39 is 0 Å². The van der Waals surface area contributed by atoms with Gasteiger partial charge in [0.15, 0.2) is 0 Å². The number of hydrogen-bond donors (Lipinski definition) is 1. The minimum absolute atomic E-state index is 0.177. The Morgan fingerprint density at radius 3 is 2.80 bits per heavy atom. The van der Waals surface area contributed by atoms with Crippen molar-refractivity contribution in [1.29, 1.82) is 0 Å². The first-order valence-corrected chi connectivity index (χ1v) is 4.75. The zero-order chi connectivity index (χ0) is 6.97. The van der Waals surface area contributed by atoms with E-state index in [0.717, 1.165) is 0 Å². The van der Waals surface area contributed by atoms with E-state index in [1.54, 1.807) is 0 Å². The van der Waals surface area contributed by atoms with Crippen molar-refractivity contribution in [3.8, 4) is 4.62 Å². The molecule has 1 nitrogen and oxygen atoms in total. The van der Waals surface area contributed by atoms with Gasteiger partial charge in [-0.2, -0.15) is 0 Å².